The average Bonchev–Trinajstić information content (AvgIpc) is 2.88. The number of hydrogen-bond donors (Lipinski definition) is 2. The van der Waals surface area contributed by atoms with Crippen molar-refractivity contribution in [3.05, 3.63) is 18.0 Å². The summed E-state index contributed by atoms with van der Waals surface area (Å²) in [6.07, 6.45) is 1.70. The van der Waals surface area contributed by atoms with Crippen LogP contribution in [-0.4, -0.2) is 39.2 Å². The standard InChI is InChI=1S/C9H10N2O4S/c12-7(6-1-3-15-11-6)10-9(8(13)14)2-4-16-5-9/h1,3H,2,4-5H2,(H,10,12)(H,13,14). The topological polar surface area (TPSA) is 92.4 Å². The van der Waals surface area contributed by atoms with Crippen LogP contribution in [-0.2, 0) is 4.79 Å². The van der Waals surface area contributed by atoms with Gasteiger partial charge in [-0.2, -0.15) is 11.8 Å². The van der Waals surface area contributed by atoms with E-state index in [4.69, 9.17) is 5.11 Å². The summed E-state index contributed by atoms with van der Waals surface area (Å²) in [5.74, 6) is -0.412. The fraction of sp³-hybridized carbons (Fsp3) is 0.444. The summed E-state index contributed by atoms with van der Waals surface area (Å²) in [7, 11) is 0. The molecule has 0 bridgehead atoms. The molecule has 0 spiro atoms. The number of carboxylic acids is 1. The molecule has 2 N–H and O–H groups in total. The van der Waals surface area contributed by atoms with Crippen molar-refractivity contribution in [3.8, 4) is 0 Å². The molecule has 2 rings (SSSR count). The van der Waals surface area contributed by atoms with Gasteiger partial charge < -0.3 is 14.9 Å². The predicted octanol–water partition coefficient (Wildman–Crippen LogP) is 0.365. The molecule has 1 aliphatic heterocycles. The third-order valence-corrected chi connectivity index (χ3v) is 3.64. The highest BCUT2D eigenvalue weighted by molar-refractivity contribution is 7.99. The quantitative estimate of drug-likeness (QED) is 0.795. The number of amides is 1. The van der Waals surface area contributed by atoms with Crippen molar-refractivity contribution in [2.24, 2.45) is 0 Å². The van der Waals surface area contributed by atoms with E-state index in [2.05, 4.69) is 15.0 Å². The van der Waals surface area contributed by atoms with Crippen molar-refractivity contribution in [2.45, 2.75) is 12.0 Å². The average molecular weight is 242 g/mol. The monoisotopic (exact) mass is 242 g/mol. The van der Waals surface area contributed by atoms with Crippen LogP contribution in [0, 0.1) is 0 Å². The second-order valence-electron chi connectivity index (χ2n) is 3.53. The first-order valence-electron chi connectivity index (χ1n) is 4.68. The lowest BCUT2D eigenvalue weighted by Crippen LogP contribution is -2.54. The molecule has 1 aromatic rings. The van der Waals surface area contributed by atoms with E-state index in [1.165, 1.54) is 24.1 Å². The zero-order valence-electron chi connectivity index (χ0n) is 8.30. The molecule has 1 aromatic heterocycles. The molecule has 16 heavy (non-hydrogen) atoms. The van der Waals surface area contributed by atoms with E-state index in [1.807, 2.05) is 0 Å². The minimum absolute atomic E-state index is 0.0949. The largest absolute Gasteiger partial charge is 0.479 e. The van der Waals surface area contributed by atoms with Gasteiger partial charge in [-0.3, -0.25) is 4.79 Å². The second kappa shape index (κ2) is 4.17. The third-order valence-electron chi connectivity index (χ3n) is 2.45. The summed E-state index contributed by atoms with van der Waals surface area (Å²) >= 11 is 1.51. The van der Waals surface area contributed by atoms with Gasteiger partial charge in [-0.15, -0.1) is 0 Å². The Balaban J connectivity index is 2.13. The van der Waals surface area contributed by atoms with Gasteiger partial charge in [0.1, 0.15) is 11.8 Å². The number of aromatic nitrogens is 1. The van der Waals surface area contributed by atoms with Gasteiger partial charge in [-0.25, -0.2) is 4.79 Å². The molecule has 0 aromatic carbocycles. The van der Waals surface area contributed by atoms with Gasteiger partial charge >= 0.3 is 5.97 Å². The summed E-state index contributed by atoms with van der Waals surface area (Å²) in [5, 5.41) is 15.1. The van der Waals surface area contributed by atoms with Crippen molar-refractivity contribution in [1.82, 2.24) is 10.5 Å². The number of nitrogens with one attached hydrogen (secondary N) is 1. The van der Waals surface area contributed by atoms with Crippen LogP contribution < -0.4 is 5.32 Å². The lowest BCUT2D eigenvalue weighted by Gasteiger charge is -2.23. The van der Waals surface area contributed by atoms with Gasteiger partial charge in [0.05, 0.1) is 0 Å². The fourth-order valence-corrected chi connectivity index (χ4v) is 2.82. The Labute approximate surface area is 95.4 Å². The molecule has 7 heteroatoms. The Hall–Kier alpha value is -1.50. The van der Waals surface area contributed by atoms with E-state index in [-0.39, 0.29) is 5.69 Å². The normalized spacial score (nSPS) is 24.2. The number of rotatable bonds is 3. The summed E-state index contributed by atoms with van der Waals surface area (Å²) in [4.78, 5) is 22.8. The number of carbonyl (C=O) groups is 2. The Kier molecular flexibility index (Phi) is 2.86. The summed E-state index contributed by atoms with van der Waals surface area (Å²) in [5.41, 5.74) is -1.07. The van der Waals surface area contributed by atoms with Crippen LogP contribution in [0.3, 0.4) is 0 Å². The minimum atomic E-state index is -1.17. The van der Waals surface area contributed by atoms with Crippen LogP contribution in [0.4, 0.5) is 0 Å². The Morgan fingerprint density at radius 3 is 2.94 bits per heavy atom. The van der Waals surface area contributed by atoms with Crippen molar-refractivity contribution in [3.63, 3.8) is 0 Å². The molecule has 1 unspecified atom stereocenters. The number of thioether (sulfide) groups is 1. The molecule has 0 saturated carbocycles. The number of carbonyl (C=O) groups excluding carboxylic acids is 1. The molecule has 1 amide bonds. The Morgan fingerprint density at radius 2 is 2.44 bits per heavy atom. The number of aliphatic carboxylic acids is 1. The van der Waals surface area contributed by atoms with Crippen molar-refractivity contribution < 1.29 is 19.2 Å². The van der Waals surface area contributed by atoms with Crippen LogP contribution in [0.1, 0.15) is 16.9 Å². The van der Waals surface area contributed by atoms with Crippen molar-refractivity contribution in [1.29, 1.82) is 0 Å². The second-order valence-corrected chi connectivity index (χ2v) is 4.63. The lowest BCUT2D eigenvalue weighted by atomic mass is 9.99. The maximum atomic E-state index is 11.7. The molecule has 0 radical (unpaired) electrons. The molecule has 6 nitrogen and oxygen atoms in total. The van der Waals surface area contributed by atoms with E-state index in [1.54, 1.807) is 0 Å². The number of hydrogen-bond acceptors (Lipinski definition) is 5. The third kappa shape index (κ3) is 1.90. The zero-order chi connectivity index (χ0) is 11.6. The van der Waals surface area contributed by atoms with Crippen LogP contribution in [0.15, 0.2) is 16.9 Å². The van der Waals surface area contributed by atoms with Crippen LogP contribution in [0.25, 0.3) is 0 Å². The smallest absolute Gasteiger partial charge is 0.330 e. The molecule has 0 aliphatic carbocycles. The Bertz CT molecular complexity index is 398. The van der Waals surface area contributed by atoms with E-state index in [9.17, 15) is 9.59 Å². The van der Waals surface area contributed by atoms with E-state index in [0.717, 1.165) is 5.75 Å². The highest BCUT2D eigenvalue weighted by Gasteiger charge is 2.43. The van der Waals surface area contributed by atoms with Gasteiger partial charge in [0.15, 0.2) is 5.69 Å². The van der Waals surface area contributed by atoms with Gasteiger partial charge in [0.25, 0.3) is 5.91 Å². The first-order valence-corrected chi connectivity index (χ1v) is 5.83. The summed E-state index contributed by atoms with van der Waals surface area (Å²) in [6.45, 7) is 0. The van der Waals surface area contributed by atoms with Gasteiger partial charge in [-0.1, -0.05) is 5.16 Å². The van der Waals surface area contributed by atoms with Crippen molar-refractivity contribution in [2.75, 3.05) is 11.5 Å². The van der Waals surface area contributed by atoms with Gasteiger partial charge in [0.2, 0.25) is 0 Å². The zero-order valence-corrected chi connectivity index (χ0v) is 9.12. The highest BCUT2D eigenvalue weighted by Crippen LogP contribution is 2.28. The van der Waals surface area contributed by atoms with E-state index < -0.39 is 17.4 Å². The molecule has 1 fully saturated rings. The van der Waals surface area contributed by atoms with E-state index in [0.29, 0.717) is 12.2 Å². The van der Waals surface area contributed by atoms with Crippen LogP contribution in [0.2, 0.25) is 0 Å². The molecule has 1 aliphatic rings. The highest BCUT2D eigenvalue weighted by atomic mass is 32.2. The Morgan fingerprint density at radius 1 is 1.62 bits per heavy atom. The fourth-order valence-electron chi connectivity index (χ4n) is 1.50. The SMILES string of the molecule is O=C(NC1(C(=O)O)CCSC1)c1ccon1. The maximum Gasteiger partial charge on any atom is 0.330 e. The lowest BCUT2D eigenvalue weighted by molar-refractivity contribution is -0.143. The van der Waals surface area contributed by atoms with Gasteiger partial charge in [0, 0.05) is 11.8 Å². The summed E-state index contributed by atoms with van der Waals surface area (Å²) < 4.78 is 4.53. The maximum absolute atomic E-state index is 11.7. The predicted molar refractivity (Wildman–Crippen MR) is 56.3 cm³/mol. The van der Waals surface area contributed by atoms with Crippen LogP contribution in [0.5, 0.6) is 0 Å². The van der Waals surface area contributed by atoms with E-state index >= 15 is 0 Å². The first-order chi connectivity index (χ1) is 7.64. The van der Waals surface area contributed by atoms with Gasteiger partial charge in [-0.05, 0) is 12.2 Å². The molecular formula is C9H10N2O4S. The number of nitrogens with zero attached hydrogens (tertiary/aromatic N) is 1. The molecule has 1 saturated heterocycles. The molecule has 86 valence electrons. The minimum Gasteiger partial charge on any atom is -0.479 e. The molecule has 2 heterocycles. The first kappa shape index (κ1) is 11.0. The molecule has 1 atom stereocenters. The van der Waals surface area contributed by atoms with Crippen LogP contribution >= 0.6 is 11.8 Å². The summed E-state index contributed by atoms with van der Waals surface area (Å²) in [6, 6.07) is 1.40. The number of carboxylic acid groups (broad SMARTS) is 1. The van der Waals surface area contributed by atoms with Crippen molar-refractivity contribution >= 4 is 23.6 Å². The molecular weight excluding hydrogens is 232 g/mol.